The molecule has 2 unspecified atom stereocenters. The van der Waals surface area contributed by atoms with Crippen LogP contribution < -0.4 is 10.2 Å². The molecule has 0 radical (unpaired) electrons. The number of rotatable bonds is 4. The minimum absolute atomic E-state index is 0.573. The highest BCUT2D eigenvalue weighted by atomic mass is 15.2. The Bertz CT molecular complexity index is 380. The SMILES string of the molecule is CCNCc1cncnc1N1CCC(C)CC1C. The molecule has 100 valence electrons. The Hall–Kier alpha value is -1.16. The second kappa shape index (κ2) is 6.14. The van der Waals surface area contributed by atoms with Gasteiger partial charge in [0.25, 0.3) is 0 Å². The number of anilines is 1. The van der Waals surface area contributed by atoms with Crippen LogP contribution in [-0.2, 0) is 6.54 Å². The van der Waals surface area contributed by atoms with E-state index in [0.29, 0.717) is 6.04 Å². The standard InChI is InChI=1S/C14H24N4/c1-4-15-8-13-9-16-10-17-14(13)18-6-5-11(2)7-12(18)3/h9-12,15H,4-8H2,1-3H3. The molecule has 0 amide bonds. The number of nitrogens with zero attached hydrogens (tertiary/aromatic N) is 3. The quantitative estimate of drug-likeness (QED) is 0.887. The van der Waals surface area contributed by atoms with Crippen molar-refractivity contribution in [2.45, 2.75) is 46.2 Å². The molecule has 1 fully saturated rings. The average molecular weight is 248 g/mol. The number of nitrogens with one attached hydrogen (secondary N) is 1. The summed E-state index contributed by atoms with van der Waals surface area (Å²) in [7, 11) is 0. The van der Waals surface area contributed by atoms with Crippen LogP contribution in [0.2, 0.25) is 0 Å². The molecule has 1 saturated heterocycles. The smallest absolute Gasteiger partial charge is 0.136 e. The number of piperidine rings is 1. The van der Waals surface area contributed by atoms with Gasteiger partial charge in [0.1, 0.15) is 12.1 Å². The van der Waals surface area contributed by atoms with Gasteiger partial charge in [-0.1, -0.05) is 13.8 Å². The van der Waals surface area contributed by atoms with Crippen molar-refractivity contribution in [1.82, 2.24) is 15.3 Å². The van der Waals surface area contributed by atoms with E-state index in [-0.39, 0.29) is 0 Å². The zero-order chi connectivity index (χ0) is 13.0. The molecular weight excluding hydrogens is 224 g/mol. The van der Waals surface area contributed by atoms with Gasteiger partial charge >= 0.3 is 0 Å². The minimum Gasteiger partial charge on any atom is -0.354 e. The first kappa shape index (κ1) is 13.3. The van der Waals surface area contributed by atoms with Crippen molar-refractivity contribution >= 4 is 5.82 Å². The van der Waals surface area contributed by atoms with Crippen LogP contribution in [0.15, 0.2) is 12.5 Å². The molecule has 1 aromatic heterocycles. The Balaban J connectivity index is 2.16. The molecule has 0 spiro atoms. The molecule has 1 aliphatic rings. The Morgan fingerprint density at radius 3 is 3.00 bits per heavy atom. The number of aromatic nitrogens is 2. The van der Waals surface area contributed by atoms with Gasteiger partial charge in [-0.2, -0.15) is 0 Å². The second-order valence-corrected chi connectivity index (χ2v) is 5.32. The third-order valence-electron chi connectivity index (χ3n) is 3.74. The summed E-state index contributed by atoms with van der Waals surface area (Å²) < 4.78 is 0. The maximum Gasteiger partial charge on any atom is 0.136 e. The summed E-state index contributed by atoms with van der Waals surface area (Å²) >= 11 is 0. The van der Waals surface area contributed by atoms with Crippen LogP contribution >= 0.6 is 0 Å². The van der Waals surface area contributed by atoms with Gasteiger partial charge in [0.2, 0.25) is 0 Å². The first-order valence-corrected chi connectivity index (χ1v) is 6.98. The summed E-state index contributed by atoms with van der Waals surface area (Å²) in [5.74, 6) is 1.95. The van der Waals surface area contributed by atoms with Gasteiger partial charge in [0.05, 0.1) is 0 Å². The van der Waals surface area contributed by atoms with Crippen LogP contribution in [0.4, 0.5) is 5.82 Å². The minimum atomic E-state index is 0.573. The number of hydrogen-bond acceptors (Lipinski definition) is 4. The van der Waals surface area contributed by atoms with E-state index in [0.717, 1.165) is 31.4 Å². The van der Waals surface area contributed by atoms with Crippen LogP contribution in [-0.4, -0.2) is 29.1 Å². The zero-order valence-corrected chi connectivity index (χ0v) is 11.7. The highest BCUT2D eigenvalue weighted by Gasteiger charge is 2.25. The van der Waals surface area contributed by atoms with Crippen molar-refractivity contribution in [1.29, 1.82) is 0 Å². The lowest BCUT2D eigenvalue weighted by Gasteiger charge is -2.38. The molecule has 1 aliphatic heterocycles. The second-order valence-electron chi connectivity index (χ2n) is 5.32. The summed E-state index contributed by atoms with van der Waals surface area (Å²) in [6.07, 6.45) is 6.12. The predicted molar refractivity (Wildman–Crippen MR) is 74.6 cm³/mol. The fraction of sp³-hybridized carbons (Fsp3) is 0.714. The van der Waals surface area contributed by atoms with Gasteiger partial charge in [-0.3, -0.25) is 0 Å². The molecule has 4 nitrogen and oxygen atoms in total. The van der Waals surface area contributed by atoms with Gasteiger partial charge in [0, 0.05) is 30.9 Å². The molecule has 18 heavy (non-hydrogen) atoms. The molecule has 1 N–H and O–H groups in total. The summed E-state index contributed by atoms with van der Waals surface area (Å²) in [5, 5.41) is 3.36. The molecule has 0 bridgehead atoms. The molecule has 4 heteroatoms. The molecular formula is C14H24N4. The topological polar surface area (TPSA) is 41.1 Å². The average Bonchev–Trinajstić information content (AvgIpc) is 2.37. The van der Waals surface area contributed by atoms with Gasteiger partial charge in [-0.25, -0.2) is 9.97 Å². The zero-order valence-electron chi connectivity index (χ0n) is 11.7. The van der Waals surface area contributed by atoms with Crippen LogP contribution in [0.3, 0.4) is 0 Å². The Morgan fingerprint density at radius 1 is 1.44 bits per heavy atom. The highest BCUT2D eigenvalue weighted by Crippen LogP contribution is 2.28. The Labute approximate surface area is 110 Å². The largest absolute Gasteiger partial charge is 0.354 e. The van der Waals surface area contributed by atoms with Crippen LogP contribution in [0, 0.1) is 5.92 Å². The summed E-state index contributed by atoms with van der Waals surface area (Å²) in [6, 6.07) is 0.573. The highest BCUT2D eigenvalue weighted by molar-refractivity contribution is 5.46. The molecule has 2 heterocycles. The van der Waals surface area contributed by atoms with E-state index in [1.54, 1.807) is 6.33 Å². The Morgan fingerprint density at radius 2 is 2.28 bits per heavy atom. The van der Waals surface area contributed by atoms with E-state index in [1.165, 1.54) is 18.4 Å². The van der Waals surface area contributed by atoms with Crippen molar-refractivity contribution in [3.63, 3.8) is 0 Å². The lowest BCUT2D eigenvalue weighted by molar-refractivity contribution is 0.375. The summed E-state index contributed by atoms with van der Waals surface area (Å²) in [4.78, 5) is 11.1. The van der Waals surface area contributed by atoms with Gasteiger partial charge in [-0.05, 0) is 32.2 Å². The van der Waals surface area contributed by atoms with Gasteiger partial charge in [0.15, 0.2) is 0 Å². The fourth-order valence-electron chi connectivity index (χ4n) is 2.72. The van der Waals surface area contributed by atoms with Crippen molar-refractivity contribution < 1.29 is 0 Å². The molecule has 0 aromatic carbocycles. The van der Waals surface area contributed by atoms with Gasteiger partial charge in [-0.15, -0.1) is 0 Å². The first-order valence-electron chi connectivity index (χ1n) is 6.98. The molecule has 2 rings (SSSR count). The predicted octanol–water partition coefficient (Wildman–Crippen LogP) is 2.21. The van der Waals surface area contributed by atoms with E-state index in [2.05, 4.69) is 41.0 Å². The maximum absolute atomic E-state index is 4.51. The van der Waals surface area contributed by atoms with Crippen LogP contribution in [0.25, 0.3) is 0 Å². The van der Waals surface area contributed by atoms with Crippen LogP contribution in [0.5, 0.6) is 0 Å². The van der Waals surface area contributed by atoms with E-state index in [1.807, 2.05) is 6.20 Å². The monoisotopic (exact) mass is 248 g/mol. The first-order chi connectivity index (χ1) is 8.72. The van der Waals surface area contributed by atoms with E-state index in [9.17, 15) is 0 Å². The number of hydrogen-bond donors (Lipinski definition) is 1. The molecule has 2 atom stereocenters. The van der Waals surface area contributed by atoms with Crippen molar-refractivity contribution in [2.75, 3.05) is 18.0 Å². The van der Waals surface area contributed by atoms with Crippen molar-refractivity contribution in [3.05, 3.63) is 18.1 Å². The van der Waals surface area contributed by atoms with Gasteiger partial charge < -0.3 is 10.2 Å². The summed E-state index contributed by atoms with van der Waals surface area (Å²) in [5.41, 5.74) is 1.21. The van der Waals surface area contributed by atoms with Crippen LogP contribution in [0.1, 0.15) is 39.2 Å². The maximum atomic E-state index is 4.51. The third-order valence-corrected chi connectivity index (χ3v) is 3.74. The molecule has 1 aromatic rings. The molecule has 0 saturated carbocycles. The Kier molecular flexibility index (Phi) is 4.53. The van der Waals surface area contributed by atoms with Crippen molar-refractivity contribution in [2.24, 2.45) is 5.92 Å². The van der Waals surface area contributed by atoms with E-state index in [4.69, 9.17) is 0 Å². The lowest BCUT2D eigenvalue weighted by atomic mass is 9.93. The van der Waals surface area contributed by atoms with Crippen molar-refractivity contribution in [3.8, 4) is 0 Å². The fourth-order valence-corrected chi connectivity index (χ4v) is 2.72. The summed E-state index contributed by atoms with van der Waals surface area (Å²) in [6.45, 7) is 9.70. The van der Waals surface area contributed by atoms with E-state index >= 15 is 0 Å². The molecule has 0 aliphatic carbocycles. The van der Waals surface area contributed by atoms with E-state index < -0.39 is 0 Å². The lowest BCUT2D eigenvalue weighted by Crippen LogP contribution is -2.41. The third kappa shape index (κ3) is 2.99. The normalized spacial score (nSPS) is 24.3.